The number of benzene rings is 2. The maximum atomic E-state index is 12.0. The molecule has 0 fully saturated rings. The second kappa shape index (κ2) is 6.92. The van der Waals surface area contributed by atoms with Crippen LogP contribution >= 0.6 is 0 Å². The fourth-order valence-electron chi connectivity index (χ4n) is 1.74. The molecule has 0 aliphatic rings. The minimum atomic E-state index is -0.431. The molecule has 0 bridgehead atoms. The van der Waals surface area contributed by atoms with E-state index in [1.807, 2.05) is 24.3 Å². The van der Waals surface area contributed by atoms with E-state index < -0.39 is 5.91 Å². The number of anilines is 1. The fourth-order valence-corrected chi connectivity index (χ4v) is 1.74. The van der Waals surface area contributed by atoms with Crippen LogP contribution in [0.3, 0.4) is 0 Å². The molecule has 1 N–H and O–H groups in total. The lowest BCUT2D eigenvalue weighted by molar-refractivity contribution is -0.112. The van der Waals surface area contributed by atoms with Crippen LogP contribution in [0.4, 0.5) is 5.69 Å². The van der Waals surface area contributed by atoms with Gasteiger partial charge in [-0.25, -0.2) is 0 Å². The molecule has 0 aliphatic carbocycles. The lowest BCUT2D eigenvalue weighted by Gasteiger charge is -2.04. The zero-order valence-electron chi connectivity index (χ0n) is 11.5. The maximum absolute atomic E-state index is 12.0. The zero-order valence-corrected chi connectivity index (χ0v) is 11.5. The summed E-state index contributed by atoms with van der Waals surface area (Å²) in [7, 11) is 1.58. The van der Waals surface area contributed by atoms with Gasteiger partial charge < -0.3 is 10.1 Å². The van der Waals surface area contributed by atoms with Gasteiger partial charge in [-0.15, -0.1) is 0 Å². The molecular weight excluding hydrogens is 264 g/mol. The van der Waals surface area contributed by atoms with Gasteiger partial charge in [0.15, 0.2) is 0 Å². The average molecular weight is 278 g/mol. The Morgan fingerprint density at radius 1 is 1.14 bits per heavy atom. The van der Waals surface area contributed by atoms with E-state index in [2.05, 4.69) is 5.32 Å². The van der Waals surface area contributed by atoms with Crippen molar-refractivity contribution < 1.29 is 9.53 Å². The molecule has 0 aliphatic heterocycles. The van der Waals surface area contributed by atoms with E-state index in [9.17, 15) is 4.79 Å². The van der Waals surface area contributed by atoms with Crippen LogP contribution in [0, 0.1) is 11.3 Å². The van der Waals surface area contributed by atoms with Crippen LogP contribution in [0.25, 0.3) is 6.08 Å². The summed E-state index contributed by atoms with van der Waals surface area (Å²) in [6.45, 7) is 0. The molecule has 2 rings (SSSR count). The number of carbonyl (C=O) groups is 1. The van der Waals surface area contributed by atoms with E-state index in [0.717, 1.165) is 11.3 Å². The van der Waals surface area contributed by atoms with Crippen LogP contribution in [0.1, 0.15) is 5.56 Å². The van der Waals surface area contributed by atoms with Gasteiger partial charge in [0.1, 0.15) is 17.4 Å². The highest BCUT2D eigenvalue weighted by Gasteiger charge is 2.09. The van der Waals surface area contributed by atoms with Crippen molar-refractivity contribution in [1.29, 1.82) is 5.26 Å². The highest BCUT2D eigenvalue weighted by molar-refractivity contribution is 6.09. The van der Waals surface area contributed by atoms with Crippen molar-refractivity contribution in [3.63, 3.8) is 0 Å². The SMILES string of the molecule is COc1ccc(/C=C(/C#N)C(=O)Nc2ccccc2)cc1. The largest absolute Gasteiger partial charge is 0.497 e. The van der Waals surface area contributed by atoms with E-state index in [4.69, 9.17) is 10.00 Å². The van der Waals surface area contributed by atoms with Crippen molar-refractivity contribution in [1.82, 2.24) is 0 Å². The zero-order chi connectivity index (χ0) is 15.1. The molecule has 0 unspecified atom stereocenters. The van der Waals surface area contributed by atoms with Crippen LogP contribution in [-0.2, 0) is 4.79 Å². The van der Waals surface area contributed by atoms with Crippen molar-refractivity contribution in [3.8, 4) is 11.8 Å². The summed E-state index contributed by atoms with van der Waals surface area (Å²) < 4.78 is 5.06. The predicted molar refractivity (Wildman–Crippen MR) is 81.7 cm³/mol. The quantitative estimate of drug-likeness (QED) is 0.689. The summed E-state index contributed by atoms with van der Waals surface area (Å²) in [4.78, 5) is 12.0. The Balaban J connectivity index is 2.16. The summed E-state index contributed by atoms with van der Waals surface area (Å²) in [6, 6.07) is 18.0. The molecule has 4 nitrogen and oxygen atoms in total. The van der Waals surface area contributed by atoms with Crippen LogP contribution in [-0.4, -0.2) is 13.0 Å². The first-order valence-electron chi connectivity index (χ1n) is 6.35. The maximum Gasteiger partial charge on any atom is 0.266 e. The Labute approximate surface area is 123 Å². The van der Waals surface area contributed by atoms with E-state index in [0.29, 0.717) is 5.69 Å². The molecule has 0 heterocycles. The van der Waals surface area contributed by atoms with Crippen LogP contribution < -0.4 is 10.1 Å². The molecule has 1 amide bonds. The molecule has 0 aromatic heterocycles. The number of nitrogens with one attached hydrogen (secondary N) is 1. The summed E-state index contributed by atoms with van der Waals surface area (Å²) >= 11 is 0. The average Bonchev–Trinajstić information content (AvgIpc) is 2.54. The van der Waals surface area contributed by atoms with Gasteiger partial charge in [0.2, 0.25) is 0 Å². The number of ether oxygens (including phenoxy) is 1. The van der Waals surface area contributed by atoms with Gasteiger partial charge in [0.05, 0.1) is 7.11 Å². The third-order valence-corrected chi connectivity index (χ3v) is 2.82. The van der Waals surface area contributed by atoms with Gasteiger partial charge >= 0.3 is 0 Å². The van der Waals surface area contributed by atoms with E-state index in [1.165, 1.54) is 6.08 Å². The first-order valence-corrected chi connectivity index (χ1v) is 6.35. The predicted octanol–water partition coefficient (Wildman–Crippen LogP) is 3.24. The molecule has 0 spiro atoms. The number of nitrogens with zero attached hydrogens (tertiary/aromatic N) is 1. The smallest absolute Gasteiger partial charge is 0.266 e. The summed E-state index contributed by atoms with van der Waals surface area (Å²) in [5.74, 6) is 0.291. The fraction of sp³-hybridized carbons (Fsp3) is 0.0588. The van der Waals surface area contributed by atoms with Gasteiger partial charge in [-0.3, -0.25) is 4.79 Å². The number of carbonyl (C=O) groups excluding carboxylic acids is 1. The summed E-state index contributed by atoms with van der Waals surface area (Å²) in [5, 5.41) is 11.8. The molecule has 4 heteroatoms. The molecule has 21 heavy (non-hydrogen) atoms. The number of para-hydroxylation sites is 1. The Morgan fingerprint density at radius 2 is 1.81 bits per heavy atom. The van der Waals surface area contributed by atoms with E-state index >= 15 is 0 Å². The van der Waals surface area contributed by atoms with Crippen LogP contribution in [0.5, 0.6) is 5.75 Å². The number of amides is 1. The van der Waals surface area contributed by atoms with Gasteiger partial charge in [-0.2, -0.15) is 5.26 Å². The lowest BCUT2D eigenvalue weighted by atomic mass is 10.1. The van der Waals surface area contributed by atoms with Gasteiger partial charge in [-0.1, -0.05) is 30.3 Å². The summed E-state index contributed by atoms with van der Waals surface area (Å²) in [5.41, 5.74) is 1.46. The minimum absolute atomic E-state index is 0.0454. The second-order valence-corrected chi connectivity index (χ2v) is 4.26. The third-order valence-electron chi connectivity index (χ3n) is 2.82. The molecule has 0 atom stereocenters. The standard InChI is InChI=1S/C17H14N2O2/c1-21-16-9-7-13(8-10-16)11-14(12-18)17(20)19-15-5-3-2-4-6-15/h2-11H,1H3,(H,19,20)/b14-11-. The highest BCUT2D eigenvalue weighted by Crippen LogP contribution is 2.15. The molecule has 0 saturated heterocycles. The van der Waals surface area contributed by atoms with Crippen molar-refractivity contribution in [2.24, 2.45) is 0 Å². The van der Waals surface area contributed by atoms with Gasteiger partial charge in [0.25, 0.3) is 5.91 Å². The highest BCUT2D eigenvalue weighted by atomic mass is 16.5. The number of nitriles is 1. The second-order valence-electron chi connectivity index (χ2n) is 4.26. The first kappa shape index (κ1) is 14.4. The molecule has 2 aromatic carbocycles. The van der Waals surface area contributed by atoms with Gasteiger partial charge in [0, 0.05) is 5.69 Å². The van der Waals surface area contributed by atoms with Crippen LogP contribution in [0.15, 0.2) is 60.2 Å². The first-order chi connectivity index (χ1) is 10.2. The number of methoxy groups -OCH3 is 1. The van der Waals surface area contributed by atoms with Gasteiger partial charge in [-0.05, 0) is 35.9 Å². The van der Waals surface area contributed by atoms with Crippen LogP contribution in [0.2, 0.25) is 0 Å². The Kier molecular flexibility index (Phi) is 4.73. The van der Waals surface area contributed by atoms with Crippen molar-refractivity contribution >= 4 is 17.7 Å². The molecule has 2 aromatic rings. The normalized spacial score (nSPS) is 10.6. The molecular formula is C17H14N2O2. The monoisotopic (exact) mass is 278 g/mol. The molecule has 0 radical (unpaired) electrons. The molecule has 104 valence electrons. The topological polar surface area (TPSA) is 62.1 Å². The number of rotatable bonds is 4. The van der Waals surface area contributed by atoms with E-state index in [-0.39, 0.29) is 5.57 Å². The van der Waals surface area contributed by atoms with Crippen molar-refractivity contribution in [3.05, 3.63) is 65.7 Å². The van der Waals surface area contributed by atoms with Crippen molar-refractivity contribution in [2.45, 2.75) is 0 Å². The Hall–Kier alpha value is -3.06. The number of hydrogen-bond acceptors (Lipinski definition) is 3. The number of hydrogen-bond donors (Lipinski definition) is 1. The Bertz CT molecular complexity index is 683. The minimum Gasteiger partial charge on any atom is -0.497 e. The molecule has 0 saturated carbocycles. The Morgan fingerprint density at radius 3 is 2.38 bits per heavy atom. The lowest BCUT2D eigenvalue weighted by Crippen LogP contribution is -2.13. The third kappa shape index (κ3) is 3.95. The van der Waals surface area contributed by atoms with E-state index in [1.54, 1.807) is 43.5 Å². The summed E-state index contributed by atoms with van der Waals surface area (Å²) in [6.07, 6.45) is 1.54. The van der Waals surface area contributed by atoms with Crippen molar-refractivity contribution in [2.75, 3.05) is 12.4 Å².